The van der Waals surface area contributed by atoms with Crippen LogP contribution in [0.1, 0.15) is 0 Å². The smallest absolute Gasteiger partial charge is 0.132 e. The second-order valence-corrected chi connectivity index (χ2v) is 4.38. The largest absolute Gasteiger partial charge is 0.508 e. The van der Waals surface area contributed by atoms with Crippen LogP contribution in [0.2, 0.25) is 0 Å². The molecule has 70 valence electrons. The molecule has 0 saturated heterocycles. The highest BCUT2D eigenvalue weighted by molar-refractivity contribution is 8.00. The van der Waals surface area contributed by atoms with E-state index in [4.69, 9.17) is 0 Å². The number of phenols is 1. The van der Waals surface area contributed by atoms with Crippen LogP contribution in [-0.4, -0.2) is 29.6 Å². The van der Waals surface area contributed by atoms with E-state index in [1.54, 1.807) is 23.9 Å². The molecule has 2 N–H and O–H groups in total. The van der Waals surface area contributed by atoms with E-state index in [0.717, 1.165) is 10.6 Å². The molecular weight excluding hydrogens is 184 g/mol. The van der Waals surface area contributed by atoms with E-state index in [-0.39, 0.29) is 5.50 Å². The second kappa shape index (κ2) is 3.12. The van der Waals surface area contributed by atoms with Gasteiger partial charge in [0.05, 0.1) is 5.69 Å². The lowest BCUT2D eigenvalue weighted by molar-refractivity contribution is 0.412. The van der Waals surface area contributed by atoms with E-state index < -0.39 is 0 Å². The first-order chi connectivity index (χ1) is 6.16. The van der Waals surface area contributed by atoms with Gasteiger partial charge >= 0.3 is 0 Å². The number of phenolic OH excluding ortho intramolecular Hbond substituents is 1. The Morgan fingerprint density at radius 2 is 2.23 bits per heavy atom. The van der Waals surface area contributed by atoms with Gasteiger partial charge in [0, 0.05) is 4.90 Å². The van der Waals surface area contributed by atoms with Crippen molar-refractivity contribution in [2.75, 3.05) is 19.4 Å². The number of hydrogen-bond donors (Lipinski definition) is 2. The maximum Gasteiger partial charge on any atom is 0.132 e. The number of thioether (sulfide) groups is 1. The SMILES string of the molecule is CN(C)C1Nc2ccc(O)cc2S1. The summed E-state index contributed by atoms with van der Waals surface area (Å²) in [6.07, 6.45) is 0. The predicted molar refractivity (Wildman–Crippen MR) is 55.1 cm³/mol. The second-order valence-electron chi connectivity index (χ2n) is 3.26. The minimum atomic E-state index is 0.275. The number of nitrogens with one attached hydrogen (secondary N) is 1. The molecule has 1 aliphatic rings. The van der Waals surface area contributed by atoms with Gasteiger partial charge in [-0.15, -0.1) is 0 Å². The number of aromatic hydroxyl groups is 1. The van der Waals surface area contributed by atoms with Crippen molar-refractivity contribution < 1.29 is 5.11 Å². The van der Waals surface area contributed by atoms with Crippen LogP contribution in [0.15, 0.2) is 23.1 Å². The number of rotatable bonds is 1. The van der Waals surface area contributed by atoms with Gasteiger partial charge in [-0.3, -0.25) is 4.90 Å². The van der Waals surface area contributed by atoms with Gasteiger partial charge in [-0.25, -0.2) is 0 Å². The van der Waals surface area contributed by atoms with E-state index in [1.165, 1.54) is 0 Å². The predicted octanol–water partition coefficient (Wildman–Crippen LogP) is 1.75. The number of fused-ring (bicyclic) bond motifs is 1. The first-order valence-electron chi connectivity index (χ1n) is 4.09. The van der Waals surface area contributed by atoms with Crippen LogP contribution in [0, 0.1) is 0 Å². The standard InChI is InChI=1S/C9H12N2OS/c1-11(2)9-10-7-4-3-6(12)5-8(7)13-9/h3-5,9-10,12H,1-2H3. The van der Waals surface area contributed by atoms with E-state index in [1.807, 2.05) is 20.2 Å². The van der Waals surface area contributed by atoms with Gasteiger partial charge < -0.3 is 10.4 Å². The van der Waals surface area contributed by atoms with E-state index in [0.29, 0.717) is 5.75 Å². The first kappa shape index (κ1) is 8.72. The molecule has 13 heavy (non-hydrogen) atoms. The van der Waals surface area contributed by atoms with Crippen LogP contribution >= 0.6 is 11.8 Å². The molecule has 0 bridgehead atoms. The van der Waals surface area contributed by atoms with Crippen molar-refractivity contribution in [3.05, 3.63) is 18.2 Å². The molecule has 1 aromatic carbocycles. The quantitative estimate of drug-likeness (QED) is 0.671. The molecule has 0 amide bonds. The maximum absolute atomic E-state index is 9.27. The van der Waals surface area contributed by atoms with E-state index in [2.05, 4.69) is 10.2 Å². The lowest BCUT2D eigenvalue weighted by Gasteiger charge is -2.18. The summed E-state index contributed by atoms with van der Waals surface area (Å²) >= 11 is 1.71. The Bertz CT molecular complexity index is 327. The lowest BCUT2D eigenvalue weighted by Crippen LogP contribution is -2.28. The van der Waals surface area contributed by atoms with Crippen molar-refractivity contribution in [2.45, 2.75) is 10.4 Å². The van der Waals surface area contributed by atoms with Gasteiger partial charge in [0.2, 0.25) is 0 Å². The van der Waals surface area contributed by atoms with Crippen LogP contribution in [0.4, 0.5) is 5.69 Å². The molecule has 3 nitrogen and oxygen atoms in total. The number of hydrogen-bond acceptors (Lipinski definition) is 4. The summed E-state index contributed by atoms with van der Waals surface area (Å²) in [5.74, 6) is 0.326. The molecule has 0 aromatic heterocycles. The van der Waals surface area contributed by atoms with Gasteiger partial charge in [-0.1, -0.05) is 11.8 Å². The third-order valence-electron chi connectivity index (χ3n) is 1.95. The van der Waals surface area contributed by atoms with Crippen LogP contribution < -0.4 is 5.32 Å². The Balaban J connectivity index is 2.25. The minimum Gasteiger partial charge on any atom is -0.508 e. The van der Waals surface area contributed by atoms with Crippen molar-refractivity contribution in [2.24, 2.45) is 0 Å². The number of nitrogens with zero attached hydrogens (tertiary/aromatic N) is 1. The molecule has 1 unspecified atom stereocenters. The highest BCUT2D eigenvalue weighted by Gasteiger charge is 2.22. The van der Waals surface area contributed by atoms with Crippen LogP contribution in [0.25, 0.3) is 0 Å². The molecular formula is C9H12N2OS. The van der Waals surface area contributed by atoms with Gasteiger partial charge in [0.15, 0.2) is 0 Å². The molecule has 0 aliphatic carbocycles. The molecule has 1 aromatic rings. The zero-order valence-corrected chi connectivity index (χ0v) is 8.43. The van der Waals surface area contributed by atoms with Gasteiger partial charge in [0.25, 0.3) is 0 Å². The monoisotopic (exact) mass is 196 g/mol. The van der Waals surface area contributed by atoms with Crippen molar-refractivity contribution in [3.63, 3.8) is 0 Å². The summed E-state index contributed by atoms with van der Waals surface area (Å²) < 4.78 is 0. The van der Waals surface area contributed by atoms with Crippen LogP contribution in [-0.2, 0) is 0 Å². The van der Waals surface area contributed by atoms with Gasteiger partial charge in [-0.05, 0) is 32.3 Å². The summed E-state index contributed by atoms with van der Waals surface area (Å²) in [4.78, 5) is 3.21. The average Bonchev–Trinajstić information content (AvgIpc) is 2.46. The summed E-state index contributed by atoms with van der Waals surface area (Å²) in [7, 11) is 4.05. The maximum atomic E-state index is 9.27. The summed E-state index contributed by atoms with van der Waals surface area (Å²) in [5, 5.41) is 12.6. The molecule has 0 fully saturated rings. The molecule has 4 heteroatoms. The van der Waals surface area contributed by atoms with Crippen molar-refractivity contribution in [1.82, 2.24) is 4.90 Å². The number of benzene rings is 1. The Kier molecular flexibility index (Phi) is 2.09. The molecule has 0 saturated carbocycles. The Labute approximate surface area is 81.7 Å². The topological polar surface area (TPSA) is 35.5 Å². The zero-order chi connectivity index (χ0) is 9.42. The average molecular weight is 196 g/mol. The highest BCUT2D eigenvalue weighted by Crippen LogP contribution is 2.40. The molecule has 0 radical (unpaired) electrons. The van der Waals surface area contributed by atoms with E-state index >= 15 is 0 Å². The summed E-state index contributed by atoms with van der Waals surface area (Å²) in [6, 6.07) is 5.39. The summed E-state index contributed by atoms with van der Waals surface area (Å²) in [6.45, 7) is 0. The third-order valence-corrected chi connectivity index (χ3v) is 3.31. The zero-order valence-electron chi connectivity index (χ0n) is 7.61. The molecule has 1 heterocycles. The van der Waals surface area contributed by atoms with E-state index in [9.17, 15) is 5.11 Å². The van der Waals surface area contributed by atoms with Crippen LogP contribution in [0.3, 0.4) is 0 Å². The van der Waals surface area contributed by atoms with Crippen molar-refractivity contribution >= 4 is 17.4 Å². The van der Waals surface area contributed by atoms with Crippen molar-refractivity contribution in [3.8, 4) is 5.75 Å². The first-order valence-corrected chi connectivity index (χ1v) is 4.97. The normalized spacial score (nSPS) is 20.1. The fraction of sp³-hybridized carbons (Fsp3) is 0.333. The molecule has 2 rings (SSSR count). The summed E-state index contributed by atoms with van der Waals surface area (Å²) in [5.41, 5.74) is 1.37. The minimum absolute atomic E-state index is 0.275. The third kappa shape index (κ3) is 1.59. The fourth-order valence-corrected chi connectivity index (χ4v) is 2.32. The highest BCUT2D eigenvalue weighted by atomic mass is 32.2. The Hall–Kier alpha value is -0.870. The lowest BCUT2D eigenvalue weighted by atomic mass is 10.3. The van der Waals surface area contributed by atoms with Crippen LogP contribution in [0.5, 0.6) is 5.75 Å². The fourth-order valence-electron chi connectivity index (χ4n) is 1.25. The van der Waals surface area contributed by atoms with Crippen molar-refractivity contribution in [1.29, 1.82) is 0 Å². The molecule has 0 spiro atoms. The van der Waals surface area contributed by atoms with Gasteiger partial charge in [-0.2, -0.15) is 0 Å². The molecule has 1 aliphatic heterocycles. The Morgan fingerprint density at radius 3 is 2.92 bits per heavy atom. The Morgan fingerprint density at radius 1 is 1.46 bits per heavy atom. The molecule has 1 atom stereocenters. The van der Waals surface area contributed by atoms with Gasteiger partial charge in [0.1, 0.15) is 11.2 Å². The number of anilines is 1.